The maximum Gasteiger partial charge on any atom is 0.255 e. The summed E-state index contributed by atoms with van der Waals surface area (Å²) < 4.78 is 0. The van der Waals surface area contributed by atoms with Gasteiger partial charge in [-0.3, -0.25) is 19.6 Å². The van der Waals surface area contributed by atoms with Gasteiger partial charge < -0.3 is 10.2 Å². The van der Waals surface area contributed by atoms with Crippen LogP contribution in [0.2, 0.25) is 5.02 Å². The lowest BCUT2D eigenvalue weighted by Gasteiger charge is -2.36. The monoisotopic (exact) mass is 344 g/mol. The van der Waals surface area contributed by atoms with E-state index in [1.54, 1.807) is 48.6 Å². The topological polar surface area (TPSA) is 75.2 Å². The molecule has 1 saturated heterocycles. The average molecular weight is 345 g/mol. The van der Waals surface area contributed by atoms with Crippen molar-refractivity contribution in [1.82, 2.24) is 20.2 Å². The van der Waals surface area contributed by atoms with Crippen LogP contribution in [0.5, 0.6) is 0 Å². The molecule has 0 spiro atoms. The molecule has 1 N–H and O–H groups in total. The summed E-state index contributed by atoms with van der Waals surface area (Å²) in [7, 11) is 1.56. The van der Waals surface area contributed by atoms with Crippen LogP contribution >= 0.6 is 11.6 Å². The van der Waals surface area contributed by atoms with Crippen LogP contribution in [0.25, 0.3) is 0 Å². The first-order valence-corrected chi connectivity index (χ1v) is 8.03. The SMILES string of the molecule is CNC(=O)C1(c2cnccn2)CCCN1C(=O)c1ccc(Cl)cc1. The Labute approximate surface area is 144 Å². The molecule has 1 fully saturated rings. The third-order valence-electron chi connectivity index (χ3n) is 4.31. The molecule has 1 aliphatic heterocycles. The quantitative estimate of drug-likeness (QED) is 0.924. The maximum atomic E-state index is 13.0. The zero-order chi connectivity index (χ0) is 17.2. The minimum absolute atomic E-state index is 0.224. The van der Waals surface area contributed by atoms with Crippen LogP contribution in [-0.2, 0) is 10.3 Å². The van der Waals surface area contributed by atoms with Crippen LogP contribution in [-0.4, -0.2) is 40.3 Å². The van der Waals surface area contributed by atoms with Gasteiger partial charge in [-0.05, 0) is 37.1 Å². The third kappa shape index (κ3) is 2.63. The van der Waals surface area contributed by atoms with Crippen molar-refractivity contribution in [3.63, 3.8) is 0 Å². The van der Waals surface area contributed by atoms with Gasteiger partial charge in [0, 0.05) is 36.6 Å². The Morgan fingerprint density at radius 2 is 2.00 bits per heavy atom. The van der Waals surface area contributed by atoms with E-state index in [2.05, 4.69) is 15.3 Å². The molecule has 24 heavy (non-hydrogen) atoms. The Hall–Kier alpha value is -2.47. The number of likely N-dealkylation sites (N-methyl/N-ethyl adjacent to an activating group) is 1. The number of halogens is 1. The van der Waals surface area contributed by atoms with Crippen molar-refractivity contribution in [3.8, 4) is 0 Å². The maximum absolute atomic E-state index is 13.0. The Balaban J connectivity index is 2.06. The first-order chi connectivity index (χ1) is 11.6. The smallest absolute Gasteiger partial charge is 0.255 e. The fourth-order valence-electron chi connectivity index (χ4n) is 3.18. The highest BCUT2D eigenvalue weighted by Gasteiger charge is 2.52. The van der Waals surface area contributed by atoms with Crippen molar-refractivity contribution in [2.45, 2.75) is 18.4 Å². The van der Waals surface area contributed by atoms with Crippen LogP contribution in [0.1, 0.15) is 28.9 Å². The predicted molar refractivity (Wildman–Crippen MR) is 89.5 cm³/mol. The fraction of sp³-hybridized carbons (Fsp3) is 0.294. The van der Waals surface area contributed by atoms with Gasteiger partial charge in [-0.15, -0.1) is 0 Å². The summed E-state index contributed by atoms with van der Waals surface area (Å²) in [5.41, 5.74) is -0.178. The van der Waals surface area contributed by atoms with Gasteiger partial charge in [-0.2, -0.15) is 0 Å². The minimum atomic E-state index is -1.14. The van der Waals surface area contributed by atoms with Gasteiger partial charge in [-0.1, -0.05) is 11.6 Å². The molecule has 2 heterocycles. The molecular weight excluding hydrogens is 328 g/mol. The fourth-order valence-corrected chi connectivity index (χ4v) is 3.31. The predicted octanol–water partition coefficient (Wildman–Crippen LogP) is 2.01. The van der Waals surface area contributed by atoms with E-state index in [0.717, 1.165) is 0 Å². The summed E-state index contributed by atoms with van der Waals surface area (Å²) >= 11 is 5.89. The van der Waals surface area contributed by atoms with Crippen LogP contribution in [0, 0.1) is 0 Å². The lowest BCUT2D eigenvalue weighted by Crippen LogP contribution is -2.54. The van der Waals surface area contributed by atoms with E-state index in [9.17, 15) is 9.59 Å². The Morgan fingerprint density at radius 1 is 1.25 bits per heavy atom. The molecule has 1 aliphatic rings. The number of rotatable bonds is 3. The van der Waals surface area contributed by atoms with Crippen LogP contribution in [0.4, 0.5) is 0 Å². The van der Waals surface area contributed by atoms with Crippen molar-refractivity contribution < 1.29 is 9.59 Å². The van der Waals surface area contributed by atoms with Crippen molar-refractivity contribution >= 4 is 23.4 Å². The van der Waals surface area contributed by atoms with E-state index in [4.69, 9.17) is 11.6 Å². The number of nitrogens with zero attached hydrogens (tertiary/aromatic N) is 3. The zero-order valence-corrected chi connectivity index (χ0v) is 14.0. The largest absolute Gasteiger partial charge is 0.357 e. The number of aromatic nitrogens is 2. The number of likely N-dealkylation sites (tertiary alicyclic amines) is 1. The molecule has 0 radical (unpaired) electrons. The molecule has 1 atom stereocenters. The Morgan fingerprint density at radius 3 is 2.62 bits per heavy atom. The molecule has 2 amide bonds. The summed E-state index contributed by atoms with van der Waals surface area (Å²) in [5, 5.41) is 3.23. The van der Waals surface area contributed by atoms with Gasteiger partial charge in [0.25, 0.3) is 11.8 Å². The molecule has 1 aromatic heterocycles. The molecule has 1 unspecified atom stereocenters. The second-order valence-corrected chi connectivity index (χ2v) is 6.03. The zero-order valence-electron chi connectivity index (χ0n) is 13.2. The van der Waals surface area contributed by atoms with Gasteiger partial charge in [0.1, 0.15) is 0 Å². The van der Waals surface area contributed by atoms with Gasteiger partial charge in [-0.25, -0.2) is 0 Å². The lowest BCUT2D eigenvalue weighted by atomic mass is 9.90. The number of nitrogens with one attached hydrogen (secondary N) is 1. The highest BCUT2D eigenvalue weighted by atomic mass is 35.5. The first kappa shape index (κ1) is 16.4. The molecular formula is C17H17ClN4O2. The summed E-state index contributed by atoms with van der Waals surface area (Å²) in [5.74, 6) is -0.485. The third-order valence-corrected chi connectivity index (χ3v) is 4.56. The van der Waals surface area contributed by atoms with Gasteiger partial charge >= 0.3 is 0 Å². The number of benzene rings is 1. The van der Waals surface area contributed by atoms with Crippen molar-refractivity contribution in [2.24, 2.45) is 0 Å². The van der Waals surface area contributed by atoms with Crippen molar-refractivity contribution in [3.05, 3.63) is 59.1 Å². The van der Waals surface area contributed by atoms with Crippen LogP contribution in [0.3, 0.4) is 0 Å². The van der Waals surface area contributed by atoms with E-state index in [1.165, 1.54) is 6.20 Å². The van der Waals surface area contributed by atoms with E-state index in [-0.39, 0.29) is 11.8 Å². The molecule has 1 aromatic carbocycles. The molecule has 3 rings (SSSR count). The number of amides is 2. The highest BCUT2D eigenvalue weighted by molar-refractivity contribution is 6.30. The van der Waals surface area contributed by atoms with Crippen molar-refractivity contribution in [1.29, 1.82) is 0 Å². The Bertz CT molecular complexity index is 751. The second kappa shape index (κ2) is 6.57. The normalized spacial score (nSPS) is 20.0. The summed E-state index contributed by atoms with van der Waals surface area (Å²) in [4.78, 5) is 35.7. The van der Waals surface area contributed by atoms with Gasteiger partial charge in [0.15, 0.2) is 5.54 Å². The highest BCUT2D eigenvalue weighted by Crippen LogP contribution is 2.39. The van der Waals surface area contributed by atoms with Crippen molar-refractivity contribution in [2.75, 3.05) is 13.6 Å². The molecule has 0 bridgehead atoms. The van der Waals surface area contributed by atoms with E-state index < -0.39 is 5.54 Å². The van der Waals surface area contributed by atoms with E-state index in [0.29, 0.717) is 35.7 Å². The minimum Gasteiger partial charge on any atom is -0.357 e. The van der Waals surface area contributed by atoms with E-state index in [1.807, 2.05) is 0 Å². The number of carbonyl (C=O) groups is 2. The number of hydrogen-bond acceptors (Lipinski definition) is 4. The van der Waals surface area contributed by atoms with Crippen LogP contribution < -0.4 is 5.32 Å². The summed E-state index contributed by atoms with van der Waals surface area (Å²) in [6.45, 7) is 0.478. The van der Waals surface area contributed by atoms with Gasteiger partial charge in [0.05, 0.1) is 11.9 Å². The summed E-state index contributed by atoms with van der Waals surface area (Å²) in [6, 6.07) is 6.64. The molecule has 124 valence electrons. The van der Waals surface area contributed by atoms with Crippen LogP contribution in [0.15, 0.2) is 42.9 Å². The van der Waals surface area contributed by atoms with Gasteiger partial charge in [0.2, 0.25) is 0 Å². The molecule has 7 heteroatoms. The molecule has 6 nitrogen and oxygen atoms in total. The standard InChI is InChI=1S/C17H17ClN4O2/c1-19-16(24)17(14-11-20-8-9-21-14)7-2-10-22(17)15(23)12-3-5-13(18)6-4-12/h3-6,8-9,11H,2,7,10H2,1H3,(H,19,24). The van der Waals surface area contributed by atoms with E-state index >= 15 is 0 Å². The first-order valence-electron chi connectivity index (χ1n) is 7.66. The number of hydrogen-bond donors (Lipinski definition) is 1. The molecule has 2 aromatic rings. The molecule has 0 saturated carbocycles. The Kier molecular flexibility index (Phi) is 4.49. The average Bonchev–Trinajstić information content (AvgIpc) is 3.08. The summed E-state index contributed by atoms with van der Waals surface area (Å²) in [6.07, 6.45) is 5.83. The second-order valence-electron chi connectivity index (χ2n) is 5.60. The molecule has 0 aliphatic carbocycles. The lowest BCUT2D eigenvalue weighted by molar-refractivity contribution is -0.131. The number of carbonyl (C=O) groups excluding carboxylic acids is 2.